The Bertz CT molecular complexity index is 307. The summed E-state index contributed by atoms with van der Waals surface area (Å²) >= 11 is 1.93. The van der Waals surface area contributed by atoms with Crippen molar-refractivity contribution in [3.8, 4) is 0 Å². The van der Waals surface area contributed by atoms with Crippen LogP contribution in [0.15, 0.2) is 24.3 Å². The van der Waals surface area contributed by atoms with Crippen LogP contribution in [0.2, 0.25) is 0 Å². The number of hydrogen-bond acceptors (Lipinski definition) is 2. The van der Waals surface area contributed by atoms with Gasteiger partial charge >= 0.3 is 0 Å². The highest BCUT2D eigenvalue weighted by molar-refractivity contribution is 7.98. The summed E-state index contributed by atoms with van der Waals surface area (Å²) in [5.41, 5.74) is 2.74. The molecule has 0 bridgehead atoms. The summed E-state index contributed by atoms with van der Waals surface area (Å²) in [7, 11) is 0. The number of nitrogens with one attached hydrogen (secondary N) is 1. The minimum absolute atomic E-state index is 0.500. The number of thioether (sulfide) groups is 1. The van der Waals surface area contributed by atoms with Gasteiger partial charge in [-0.2, -0.15) is 11.8 Å². The van der Waals surface area contributed by atoms with Crippen LogP contribution in [0.1, 0.15) is 37.4 Å². The van der Waals surface area contributed by atoms with E-state index in [9.17, 15) is 0 Å². The van der Waals surface area contributed by atoms with Gasteiger partial charge in [0, 0.05) is 6.04 Å². The smallest absolute Gasteiger partial charge is 0.0317 e. The molecule has 1 aromatic rings. The average Bonchev–Trinajstić information content (AvgIpc) is 2.32. The summed E-state index contributed by atoms with van der Waals surface area (Å²) in [6.45, 7) is 7.80. The van der Waals surface area contributed by atoms with Crippen LogP contribution in [-0.4, -0.2) is 18.6 Å². The first-order chi connectivity index (χ1) is 8.17. The molecule has 0 aromatic heterocycles. The van der Waals surface area contributed by atoms with Crippen molar-refractivity contribution in [1.29, 1.82) is 0 Å². The molecule has 0 saturated heterocycles. The zero-order valence-electron chi connectivity index (χ0n) is 11.5. The average molecular weight is 251 g/mol. The highest BCUT2D eigenvalue weighted by atomic mass is 32.2. The van der Waals surface area contributed by atoms with Gasteiger partial charge in [0.2, 0.25) is 0 Å². The number of hydrogen-bond donors (Lipinski definition) is 1. The van der Waals surface area contributed by atoms with Crippen LogP contribution >= 0.6 is 11.8 Å². The second-order valence-electron chi connectivity index (χ2n) is 4.84. The van der Waals surface area contributed by atoms with Gasteiger partial charge < -0.3 is 5.32 Å². The van der Waals surface area contributed by atoms with E-state index in [1.54, 1.807) is 0 Å². The number of benzene rings is 1. The highest BCUT2D eigenvalue weighted by Gasteiger charge is 2.09. The van der Waals surface area contributed by atoms with Crippen molar-refractivity contribution >= 4 is 11.8 Å². The molecule has 0 spiro atoms. The summed E-state index contributed by atoms with van der Waals surface area (Å²) in [4.78, 5) is 0. The van der Waals surface area contributed by atoms with Gasteiger partial charge in [-0.3, -0.25) is 0 Å². The predicted molar refractivity (Wildman–Crippen MR) is 79.8 cm³/mol. The number of rotatable bonds is 7. The normalized spacial score (nSPS) is 14.6. The lowest BCUT2D eigenvalue weighted by Gasteiger charge is -2.20. The Hall–Kier alpha value is -0.470. The molecule has 2 unspecified atom stereocenters. The molecule has 0 fully saturated rings. The fourth-order valence-corrected chi connectivity index (χ4v) is 2.67. The van der Waals surface area contributed by atoms with Crippen LogP contribution in [0.4, 0.5) is 0 Å². The second kappa shape index (κ2) is 7.78. The summed E-state index contributed by atoms with van der Waals surface area (Å²) in [5, 5.41) is 3.68. The SMILES string of the molecule is CCC(NCC(C)CSC)c1ccc(C)cc1. The highest BCUT2D eigenvalue weighted by Crippen LogP contribution is 2.17. The van der Waals surface area contributed by atoms with Gasteiger partial charge in [-0.15, -0.1) is 0 Å². The first kappa shape index (κ1) is 14.6. The minimum Gasteiger partial charge on any atom is -0.310 e. The van der Waals surface area contributed by atoms with E-state index in [0.717, 1.165) is 18.9 Å². The molecular weight excluding hydrogens is 226 g/mol. The van der Waals surface area contributed by atoms with Crippen LogP contribution in [-0.2, 0) is 0 Å². The first-order valence-electron chi connectivity index (χ1n) is 6.46. The van der Waals surface area contributed by atoms with Crippen molar-refractivity contribution < 1.29 is 0 Å². The molecule has 0 aliphatic carbocycles. The van der Waals surface area contributed by atoms with Gasteiger partial charge in [-0.25, -0.2) is 0 Å². The fourth-order valence-electron chi connectivity index (χ4n) is 1.98. The maximum atomic E-state index is 3.68. The van der Waals surface area contributed by atoms with Crippen molar-refractivity contribution in [2.45, 2.75) is 33.2 Å². The van der Waals surface area contributed by atoms with E-state index in [-0.39, 0.29) is 0 Å². The molecule has 1 rings (SSSR count). The van der Waals surface area contributed by atoms with Crippen LogP contribution in [0.3, 0.4) is 0 Å². The van der Waals surface area contributed by atoms with Gasteiger partial charge in [0.25, 0.3) is 0 Å². The van der Waals surface area contributed by atoms with E-state index in [0.29, 0.717) is 6.04 Å². The molecule has 1 nitrogen and oxygen atoms in total. The molecular formula is C15H25NS. The molecule has 1 aromatic carbocycles. The van der Waals surface area contributed by atoms with Crippen molar-refractivity contribution in [2.75, 3.05) is 18.6 Å². The molecule has 0 radical (unpaired) electrons. The molecule has 2 heteroatoms. The molecule has 0 saturated carbocycles. The third-order valence-corrected chi connectivity index (χ3v) is 3.95. The maximum Gasteiger partial charge on any atom is 0.0317 e. The molecule has 0 heterocycles. The third kappa shape index (κ3) is 5.13. The third-order valence-electron chi connectivity index (χ3n) is 3.05. The molecule has 0 amide bonds. The van der Waals surface area contributed by atoms with Crippen LogP contribution in [0, 0.1) is 12.8 Å². The molecule has 1 N–H and O–H groups in total. The summed E-state index contributed by atoms with van der Waals surface area (Å²) in [5.74, 6) is 1.97. The summed E-state index contributed by atoms with van der Waals surface area (Å²) < 4.78 is 0. The quantitative estimate of drug-likeness (QED) is 0.785. The number of aryl methyl sites for hydroxylation is 1. The summed E-state index contributed by atoms with van der Waals surface area (Å²) in [6.07, 6.45) is 3.32. The Morgan fingerprint density at radius 1 is 1.24 bits per heavy atom. The second-order valence-corrected chi connectivity index (χ2v) is 5.75. The van der Waals surface area contributed by atoms with Gasteiger partial charge in [0.05, 0.1) is 0 Å². The van der Waals surface area contributed by atoms with Gasteiger partial charge in [0.15, 0.2) is 0 Å². The predicted octanol–water partition coefficient (Wildman–Crippen LogP) is 4.03. The summed E-state index contributed by atoms with van der Waals surface area (Å²) in [6, 6.07) is 9.39. The van der Waals surface area contributed by atoms with Crippen LogP contribution in [0.25, 0.3) is 0 Å². The Balaban J connectivity index is 2.51. The molecule has 17 heavy (non-hydrogen) atoms. The lowest BCUT2D eigenvalue weighted by molar-refractivity contribution is 0.468. The molecule has 0 aliphatic rings. The van der Waals surface area contributed by atoms with E-state index in [1.165, 1.54) is 16.9 Å². The lowest BCUT2D eigenvalue weighted by atomic mass is 10.0. The van der Waals surface area contributed by atoms with Gasteiger partial charge in [0.1, 0.15) is 0 Å². The fraction of sp³-hybridized carbons (Fsp3) is 0.600. The maximum absolute atomic E-state index is 3.68. The van der Waals surface area contributed by atoms with Crippen molar-refractivity contribution in [3.05, 3.63) is 35.4 Å². The minimum atomic E-state index is 0.500. The Morgan fingerprint density at radius 2 is 1.88 bits per heavy atom. The van der Waals surface area contributed by atoms with E-state index in [2.05, 4.69) is 56.6 Å². The zero-order valence-corrected chi connectivity index (χ0v) is 12.3. The van der Waals surface area contributed by atoms with Crippen LogP contribution < -0.4 is 5.32 Å². The Morgan fingerprint density at radius 3 is 2.41 bits per heavy atom. The van der Waals surface area contributed by atoms with Crippen molar-refractivity contribution in [2.24, 2.45) is 5.92 Å². The van der Waals surface area contributed by atoms with Gasteiger partial charge in [-0.1, -0.05) is 43.7 Å². The van der Waals surface area contributed by atoms with E-state index >= 15 is 0 Å². The lowest BCUT2D eigenvalue weighted by Crippen LogP contribution is -2.26. The van der Waals surface area contributed by atoms with E-state index in [4.69, 9.17) is 0 Å². The van der Waals surface area contributed by atoms with E-state index in [1.807, 2.05) is 11.8 Å². The largest absolute Gasteiger partial charge is 0.310 e. The standard InChI is InChI=1S/C15H25NS/c1-5-15(16-10-13(3)11-17-4)14-8-6-12(2)7-9-14/h6-9,13,15-16H,5,10-11H2,1-4H3. The van der Waals surface area contributed by atoms with Crippen molar-refractivity contribution in [3.63, 3.8) is 0 Å². The Kier molecular flexibility index (Phi) is 6.68. The zero-order chi connectivity index (χ0) is 12.7. The first-order valence-corrected chi connectivity index (χ1v) is 7.85. The monoisotopic (exact) mass is 251 g/mol. The van der Waals surface area contributed by atoms with Gasteiger partial charge in [-0.05, 0) is 43.4 Å². The molecule has 2 atom stereocenters. The molecule has 0 aliphatic heterocycles. The van der Waals surface area contributed by atoms with Crippen LogP contribution in [0.5, 0.6) is 0 Å². The molecule has 96 valence electrons. The van der Waals surface area contributed by atoms with E-state index < -0.39 is 0 Å². The van der Waals surface area contributed by atoms with Crippen molar-refractivity contribution in [1.82, 2.24) is 5.32 Å². The Labute approximate surface area is 110 Å². The topological polar surface area (TPSA) is 12.0 Å².